The van der Waals surface area contributed by atoms with Crippen molar-refractivity contribution in [3.05, 3.63) is 65.2 Å². The number of benzene rings is 2. The zero-order valence-electron chi connectivity index (χ0n) is 18.3. The molecule has 0 aliphatic carbocycles. The molecule has 0 bridgehead atoms. The Morgan fingerprint density at radius 3 is 2.45 bits per heavy atom. The van der Waals surface area contributed by atoms with Crippen LogP contribution in [0.5, 0.6) is 0 Å². The van der Waals surface area contributed by atoms with Gasteiger partial charge >= 0.3 is 0 Å². The Balaban J connectivity index is 1.62. The van der Waals surface area contributed by atoms with E-state index in [-0.39, 0.29) is 34.7 Å². The van der Waals surface area contributed by atoms with Gasteiger partial charge in [0.15, 0.2) is 0 Å². The minimum atomic E-state index is -3.64. The topological polar surface area (TPSA) is 66.5 Å². The number of piperidine rings is 1. The van der Waals surface area contributed by atoms with Crippen molar-refractivity contribution in [2.75, 3.05) is 13.1 Å². The Labute approximate surface area is 190 Å². The summed E-state index contributed by atoms with van der Waals surface area (Å²) in [5.74, 6) is -0.425. The monoisotopic (exact) mass is 462 g/mol. The Hall–Kier alpha value is -1.89. The molecule has 31 heavy (non-hydrogen) atoms. The van der Waals surface area contributed by atoms with Gasteiger partial charge in [0, 0.05) is 24.2 Å². The third-order valence-corrected chi connectivity index (χ3v) is 8.10. The molecule has 1 amide bonds. The highest BCUT2D eigenvalue weighted by Gasteiger charge is 2.34. The summed E-state index contributed by atoms with van der Waals surface area (Å²) in [4.78, 5) is 13.1. The Morgan fingerprint density at radius 2 is 1.81 bits per heavy atom. The smallest absolute Gasteiger partial charge is 0.243 e. The molecule has 0 aromatic heterocycles. The van der Waals surface area contributed by atoms with Gasteiger partial charge in [-0.2, -0.15) is 4.31 Å². The fraction of sp³-hybridized carbons (Fsp3) is 0.458. The van der Waals surface area contributed by atoms with E-state index in [1.54, 1.807) is 12.1 Å². The first-order valence-electron chi connectivity index (χ1n) is 10.7. The van der Waals surface area contributed by atoms with Crippen molar-refractivity contribution in [3.8, 4) is 0 Å². The van der Waals surface area contributed by atoms with Crippen LogP contribution in [0.2, 0.25) is 5.02 Å². The van der Waals surface area contributed by atoms with E-state index in [2.05, 4.69) is 31.3 Å². The maximum atomic E-state index is 13.0. The summed E-state index contributed by atoms with van der Waals surface area (Å²) in [5.41, 5.74) is 1.15. The van der Waals surface area contributed by atoms with E-state index in [4.69, 9.17) is 11.6 Å². The molecule has 1 saturated heterocycles. The molecule has 168 valence electrons. The summed E-state index contributed by atoms with van der Waals surface area (Å²) < 4.78 is 27.4. The molecular weight excluding hydrogens is 432 g/mol. The average molecular weight is 463 g/mol. The summed E-state index contributed by atoms with van der Waals surface area (Å²) >= 11 is 5.88. The minimum absolute atomic E-state index is 0.0223. The van der Waals surface area contributed by atoms with E-state index in [0.717, 1.165) is 6.42 Å². The summed E-state index contributed by atoms with van der Waals surface area (Å²) in [7, 11) is -3.64. The molecule has 7 heteroatoms. The maximum Gasteiger partial charge on any atom is 0.243 e. The van der Waals surface area contributed by atoms with Gasteiger partial charge < -0.3 is 5.32 Å². The third kappa shape index (κ3) is 5.88. The molecule has 3 rings (SSSR count). The summed E-state index contributed by atoms with van der Waals surface area (Å²) in [5, 5.41) is 3.61. The molecule has 0 radical (unpaired) electrons. The van der Waals surface area contributed by atoms with Crippen LogP contribution in [0.4, 0.5) is 0 Å². The van der Waals surface area contributed by atoms with E-state index >= 15 is 0 Å². The predicted octanol–water partition coefficient (Wildman–Crippen LogP) is 4.61. The molecule has 1 aliphatic heterocycles. The number of carbonyl (C=O) groups is 1. The van der Waals surface area contributed by atoms with Crippen molar-refractivity contribution >= 4 is 27.5 Å². The van der Waals surface area contributed by atoms with Crippen molar-refractivity contribution < 1.29 is 13.2 Å². The standard InChI is InChI=1S/C24H31ClN2O3S/c1-18(16-24(2,3)20-9-5-4-6-10-20)26-23(28)19-8-7-15-27(17-19)31(29,30)22-13-11-21(25)12-14-22/h4-6,9-14,18-19H,7-8,15-17H2,1-3H3,(H,26,28)/t18-,19-/m1/s1. The summed E-state index contributed by atoms with van der Waals surface area (Å²) in [6, 6.07) is 16.4. The van der Waals surface area contributed by atoms with Crippen molar-refractivity contribution in [2.24, 2.45) is 5.92 Å². The van der Waals surface area contributed by atoms with Gasteiger partial charge in [-0.1, -0.05) is 55.8 Å². The van der Waals surface area contributed by atoms with Gasteiger partial charge in [0.2, 0.25) is 15.9 Å². The number of rotatable bonds is 7. The first-order chi connectivity index (χ1) is 14.6. The molecule has 2 atom stereocenters. The van der Waals surface area contributed by atoms with Crippen LogP contribution in [0.15, 0.2) is 59.5 Å². The van der Waals surface area contributed by atoms with Gasteiger partial charge in [-0.15, -0.1) is 0 Å². The number of hydrogen-bond donors (Lipinski definition) is 1. The average Bonchev–Trinajstić information content (AvgIpc) is 2.74. The highest BCUT2D eigenvalue weighted by molar-refractivity contribution is 7.89. The molecular formula is C24H31ClN2O3S. The van der Waals surface area contributed by atoms with Gasteiger partial charge in [0.1, 0.15) is 0 Å². The summed E-state index contributed by atoms with van der Waals surface area (Å²) in [6.45, 7) is 6.97. The fourth-order valence-electron chi connectivity index (χ4n) is 4.31. The highest BCUT2D eigenvalue weighted by atomic mass is 35.5. The quantitative estimate of drug-likeness (QED) is 0.653. The van der Waals surface area contributed by atoms with E-state index in [9.17, 15) is 13.2 Å². The predicted molar refractivity (Wildman–Crippen MR) is 125 cm³/mol. The van der Waals surface area contributed by atoms with Crippen LogP contribution < -0.4 is 5.32 Å². The molecule has 0 saturated carbocycles. The van der Waals surface area contributed by atoms with Crippen molar-refractivity contribution in [2.45, 2.75) is 56.4 Å². The Bertz CT molecular complexity index is 991. The molecule has 0 spiro atoms. The molecule has 2 aromatic carbocycles. The third-order valence-electron chi connectivity index (χ3n) is 5.97. The maximum absolute atomic E-state index is 13.0. The molecule has 0 unspecified atom stereocenters. The van der Waals surface area contributed by atoms with Gasteiger partial charge in [-0.25, -0.2) is 8.42 Å². The van der Waals surface area contributed by atoms with Crippen molar-refractivity contribution in [1.29, 1.82) is 0 Å². The normalized spacial score (nSPS) is 19.0. The number of amides is 1. The second-order valence-electron chi connectivity index (χ2n) is 9.02. The van der Waals surface area contributed by atoms with Gasteiger partial charge in [0.05, 0.1) is 10.8 Å². The van der Waals surface area contributed by atoms with Crippen molar-refractivity contribution in [1.82, 2.24) is 9.62 Å². The molecule has 2 aromatic rings. The lowest BCUT2D eigenvalue weighted by Gasteiger charge is -2.33. The largest absolute Gasteiger partial charge is 0.353 e. The lowest BCUT2D eigenvalue weighted by molar-refractivity contribution is -0.126. The second kappa shape index (κ2) is 9.72. The number of nitrogens with zero attached hydrogens (tertiary/aromatic N) is 1. The van der Waals surface area contributed by atoms with Crippen molar-refractivity contribution in [3.63, 3.8) is 0 Å². The number of carbonyl (C=O) groups excluding carboxylic acids is 1. The van der Waals surface area contributed by atoms with E-state index in [0.29, 0.717) is 24.4 Å². The second-order valence-corrected chi connectivity index (χ2v) is 11.4. The first-order valence-corrected chi connectivity index (χ1v) is 12.5. The molecule has 5 nitrogen and oxygen atoms in total. The lowest BCUT2D eigenvalue weighted by Crippen LogP contribution is -2.47. The van der Waals surface area contributed by atoms with Crippen LogP contribution in [0.3, 0.4) is 0 Å². The Morgan fingerprint density at radius 1 is 1.16 bits per heavy atom. The molecule has 1 aliphatic rings. The number of hydrogen-bond acceptors (Lipinski definition) is 3. The van der Waals surface area contributed by atoms with E-state index < -0.39 is 10.0 Å². The van der Waals surface area contributed by atoms with Crippen LogP contribution >= 0.6 is 11.6 Å². The molecule has 1 fully saturated rings. The minimum Gasteiger partial charge on any atom is -0.353 e. The van der Waals surface area contributed by atoms with E-state index in [1.165, 1.54) is 22.0 Å². The fourth-order valence-corrected chi connectivity index (χ4v) is 5.96. The highest BCUT2D eigenvalue weighted by Crippen LogP contribution is 2.29. The molecule has 1 N–H and O–H groups in total. The number of halogens is 1. The van der Waals surface area contributed by atoms with Crippen LogP contribution in [0.1, 0.15) is 45.6 Å². The lowest BCUT2D eigenvalue weighted by atomic mass is 9.79. The zero-order chi connectivity index (χ0) is 22.6. The number of nitrogens with one attached hydrogen (secondary N) is 1. The van der Waals surface area contributed by atoms with Crippen LogP contribution in [0, 0.1) is 5.92 Å². The SMILES string of the molecule is C[C@H](CC(C)(C)c1ccccc1)NC(=O)[C@@H]1CCCN(S(=O)(=O)c2ccc(Cl)cc2)C1. The van der Waals surface area contributed by atoms with Crippen LogP contribution in [-0.4, -0.2) is 37.8 Å². The van der Waals surface area contributed by atoms with Gasteiger partial charge in [-0.05, 0) is 61.4 Å². The van der Waals surface area contributed by atoms with Crippen LogP contribution in [0.25, 0.3) is 0 Å². The molecule has 1 heterocycles. The van der Waals surface area contributed by atoms with Crippen LogP contribution in [-0.2, 0) is 20.2 Å². The Kier molecular flexibility index (Phi) is 7.45. The summed E-state index contributed by atoms with van der Waals surface area (Å²) in [6.07, 6.45) is 2.14. The van der Waals surface area contributed by atoms with E-state index in [1.807, 2.05) is 25.1 Å². The zero-order valence-corrected chi connectivity index (χ0v) is 19.9. The van der Waals surface area contributed by atoms with Gasteiger partial charge in [-0.3, -0.25) is 4.79 Å². The first kappa shape index (κ1) is 23.8. The number of sulfonamides is 1. The van der Waals surface area contributed by atoms with Gasteiger partial charge in [0.25, 0.3) is 0 Å².